The van der Waals surface area contributed by atoms with Gasteiger partial charge in [0.15, 0.2) is 18.1 Å². The summed E-state index contributed by atoms with van der Waals surface area (Å²) in [7, 11) is 3.01. The van der Waals surface area contributed by atoms with Crippen LogP contribution in [0.25, 0.3) is 0 Å². The second-order valence-electron chi connectivity index (χ2n) is 7.03. The van der Waals surface area contributed by atoms with E-state index in [2.05, 4.69) is 0 Å². The Kier molecular flexibility index (Phi) is 7.19. The first-order valence-corrected chi connectivity index (χ1v) is 8.86. The predicted molar refractivity (Wildman–Crippen MR) is 102 cm³/mol. The summed E-state index contributed by atoms with van der Waals surface area (Å²) in [5.41, 5.74) is 2.55. The van der Waals surface area contributed by atoms with Gasteiger partial charge in [-0.05, 0) is 32.9 Å². The standard InChI is InChI=1S/C20H26N2O6/c1-20(2,3)28-18(24)13-27-17-12-7-6-9-14(17)22(26-5)15-10-8-11-16(23)19(15)21-25-4/h6-8,10-12,21H,9,13H2,1-5H3/p+2/b22-14-. The number of allylic oxidation sites excluding steroid dienone is 4. The van der Waals surface area contributed by atoms with Crippen LogP contribution in [0.15, 0.2) is 42.2 Å². The summed E-state index contributed by atoms with van der Waals surface area (Å²) in [6.07, 6.45) is 6.03. The minimum atomic E-state index is -0.584. The normalized spacial score (nSPS) is 15.7. The first kappa shape index (κ1) is 21.5. The van der Waals surface area contributed by atoms with Crippen molar-refractivity contribution >= 4 is 23.1 Å². The lowest BCUT2D eigenvalue weighted by molar-refractivity contribution is -0.835. The van der Waals surface area contributed by atoms with Gasteiger partial charge in [-0.15, -0.1) is 0 Å². The minimum Gasteiger partial charge on any atom is -0.502 e. The second-order valence-corrected chi connectivity index (χ2v) is 7.03. The van der Waals surface area contributed by atoms with Crippen molar-refractivity contribution < 1.29 is 39.3 Å². The highest BCUT2D eigenvalue weighted by Gasteiger charge is 2.32. The maximum Gasteiger partial charge on any atom is 0.344 e. The summed E-state index contributed by atoms with van der Waals surface area (Å²) >= 11 is 0. The number of esters is 1. The van der Waals surface area contributed by atoms with Crippen molar-refractivity contribution in [3.63, 3.8) is 0 Å². The molecule has 0 spiro atoms. The third-order valence-corrected chi connectivity index (χ3v) is 3.69. The van der Waals surface area contributed by atoms with E-state index in [0.717, 1.165) is 0 Å². The number of benzene rings is 1. The van der Waals surface area contributed by atoms with Gasteiger partial charge in [-0.3, -0.25) is 4.84 Å². The Morgan fingerprint density at radius 1 is 1.29 bits per heavy atom. The summed E-state index contributed by atoms with van der Waals surface area (Å²) in [6, 6.07) is 5.04. The van der Waals surface area contributed by atoms with Crippen molar-refractivity contribution in [1.82, 2.24) is 0 Å². The molecule has 8 nitrogen and oxygen atoms in total. The lowest BCUT2D eigenvalue weighted by Gasteiger charge is -2.20. The van der Waals surface area contributed by atoms with Crippen LogP contribution >= 0.6 is 0 Å². The molecule has 0 unspecified atom stereocenters. The Morgan fingerprint density at radius 2 is 2.04 bits per heavy atom. The van der Waals surface area contributed by atoms with Gasteiger partial charge in [-0.2, -0.15) is 5.48 Å². The molecule has 0 aromatic heterocycles. The number of hydrogen-bond acceptors (Lipinski definition) is 6. The number of quaternary nitrogens is 1. The molecule has 2 rings (SSSR count). The Morgan fingerprint density at radius 3 is 2.68 bits per heavy atom. The van der Waals surface area contributed by atoms with Crippen LogP contribution in [0.1, 0.15) is 27.2 Å². The molecule has 0 saturated heterocycles. The lowest BCUT2D eigenvalue weighted by atomic mass is 10.1. The number of phenols is 1. The van der Waals surface area contributed by atoms with E-state index in [9.17, 15) is 9.90 Å². The molecule has 3 N–H and O–H groups in total. The zero-order valence-electron chi connectivity index (χ0n) is 16.9. The zero-order chi connectivity index (χ0) is 20.7. The molecule has 28 heavy (non-hydrogen) atoms. The van der Waals surface area contributed by atoms with Gasteiger partial charge >= 0.3 is 11.7 Å². The van der Waals surface area contributed by atoms with Gasteiger partial charge in [-0.1, -0.05) is 18.2 Å². The summed E-state index contributed by atoms with van der Waals surface area (Å²) in [6.45, 7) is 5.17. The summed E-state index contributed by atoms with van der Waals surface area (Å²) < 4.78 is 12.5. The fraction of sp³-hybridized carbons (Fsp3) is 0.400. The number of carbonyl (C=O) groups excluding carboxylic acids is 1. The molecule has 0 amide bonds. The first-order chi connectivity index (χ1) is 13.3. The van der Waals surface area contributed by atoms with E-state index >= 15 is 0 Å². The molecule has 1 aromatic carbocycles. The van der Waals surface area contributed by atoms with Crippen LogP contribution in [0.4, 0.5) is 11.4 Å². The highest BCUT2D eigenvalue weighted by Crippen LogP contribution is 2.31. The number of rotatable bonds is 7. The molecule has 1 aliphatic rings. The molecule has 0 saturated carbocycles. The van der Waals surface area contributed by atoms with Gasteiger partial charge < -0.3 is 14.6 Å². The van der Waals surface area contributed by atoms with E-state index in [4.69, 9.17) is 19.1 Å². The number of nitrogens with zero attached hydrogens (tertiary/aromatic N) is 1. The van der Waals surface area contributed by atoms with Crippen molar-refractivity contribution in [2.75, 3.05) is 20.8 Å². The monoisotopic (exact) mass is 392 g/mol. The Bertz CT molecular complexity index is 805. The van der Waals surface area contributed by atoms with Gasteiger partial charge in [0.05, 0.1) is 13.5 Å². The third-order valence-electron chi connectivity index (χ3n) is 3.69. The SMILES string of the molecule is CO[NH2+]c1c(O)cccc1/[N+](OC)=C1\CC=CC=C1OCC(=O)OC(C)(C)C. The maximum absolute atomic E-state index is 12.0. The highest BCUT2D eigenvalue weighted by atomic mass is 16.7. The number of ether oxygens (including phenoxy) is 2. The van der Waals surface area contributed by atoms with Crippen LogP contribution < -0.4 is 5.48 Å². The topological polar surface area (TPSA) is 93.8 Å². The highest BCUT2D eigenvalue weighted by molar-refractivity contribution is 5.97. The predicted octanol–water partition coefficient (Wildman–Crippen LogP) is 2.00. The molecule has 0 radical (unpaired) electrons. The molecular formula is C20H28N2O6+2. The molecule has 1 aromatic rings. The molecule has 8 heteroatoms. The number of nitrogens with two attached hydrogens (primary N) is 1. The van der Waals surface area contributed by atoms with Crippen LogP contribution in [0.2, 0.25) is 0 Å². The van der Waals surface area contributed by atoms with Crippen molar-refractivity contribution in [1.29, 1.82) is 0 Å². The first-order valence-electron chi connectivity index (χ1n) is 8.86. The fourth-order valence-corrected chi connectivity index (χ4v) is 2.66. The van der Waals surface area contributed by atoms with E-state index in [1.807, 2.05) is 12.2 Å². The molecule has 0 atom stereocenters. The zero-order valence-corrected chi connectivity index (χ0v) is 16.9. The molecule has 152 valence electrons. The van der Waals surface area contributed by atoms with Gasteiger partial charge in [0.25, 0.3) is 11.4 Å². The molecule has 0 aliphatic heterocycles. The Labute approximate surface area is 164 Å². The quantitative estimate of drug-likeness (QED) is 0.242. The lowest BCUT2D eigenvalue weighted by Crippen LogP contribution is -2.76. The van der Waals surface area contributed by atoms with E-state index < -0.39 is 11.6 Å². The van der Waals surface area contributed by atoms with Crippen LogP contribution in [-0.2, 0) is 23.9 Å². The van der Waals surface area contributed by atoms with Crippen LogP contribution in [-0.4, -0.2) is 48.0 Å². The number of phenolic OH excluding ortho intramolecular Hbond substituents is 1. The van der Waals surface area contributed by atoms with Crippen LogP contribution in [0.3, 0.4) is 0 Å². The molecule has 0 bridgehead atoms. The number of aromatic hydroxyl groups is 1. The van der Waals surface area contributed by atoms with E-state index in [0.29, 0.717) is 29.3 Å². The average Bonchev–Trinajstić information content (AvgIpc) is 2.63. The van der Waals surface area contributed by atoms with Gasteiger partial charge in [0.1, 0.15) is 12.7 Å². The Balaban J connectivity index is 2.35. The second kappa shape index (κ2) is 9.38. The molecule has 1 aliphatic carbocycles. The van der Waals surface area contributed by atoms with E-state index in [1.165, 1.54) is 24.4 Å². The van der Waals surface area contributed by atoms with E-state index in [1.54, 1.807) is 45.0 Å². The number of hydrogen-bond donors (Lipinski definition) is 2. The van der Waals surface area contributed by atoms with Crippen molar-refractivity contribution in [3.05, 3.63) is 42.2 Å². The van der Waals surface area contributed by atoms with Gasteiger partial charge in [-0.25, -0.2) is 9.63 Å². The largest absolute Gasteiger partial charge is 0.502 e. The van der Waals surface area contributed by atoms with E-state index in [-0.39, 0.29) is 12.4 Å². The fourth-order valence-electron chi connectivity index (χ4n) is 2.66. The van der Waals surface area contributed by atoms with Crippen LogP contribution in [0.5, 0.6) is 5.75 Å². The van der Waals surface area contributed by atoms with Gasteiger partial charge in [0, 0.05) is 10.8 Å². The van der Waals surface area contributed by atoms with Crippen molar-refractivity contribution in [2.45, 2.75) is 32.8 Å². The number of carbonyl (C=O) groups is 1. The summed E-state index contributed by atoms with van der Waals surface area (Å²) in [5, 5.41) is 10.2. The molecule has 0 heterocycles. The van der Waals surface area contributed by atoms with Crippen molar-refractivity contribution in [2.24, 2.45) is 0 Å². The Hall–Kier alpha value is -2.84. The summed E-state index contributed by atoms with van der Waals surface area (Å²) in [4.78, 5) is 22.7. The van der Waals surface area contributed by atoms with Gasteiger partial charge in [0.2, 0.25) is 0 Å². The minimum absolute atomic E-state index is 0.0496. The summed E-state index contributed by atoms with van der Waals surface area (Å²) in [5.74, 6) is 0.0625. The third kappa shape index (κ3) is 5.58. The average molecular weight is 392 g/mol. The smallest absolute Gasteiger partial charge is 0.344 e. The molecule has 0 fully saturated rings. The maximum atomic E-state index is 12.0. The van der Waals surface area contributed by atoms with Crippen LogP contribution in [0, 0.1) is 0 Å². The van der Waals surface area contributed by atoms with Crippen molar-refractivity contribution in [3.8, 4) is 5.75 Å². The molecular weight excluding hydrogens is 364 g/mol.